The summed E-state index contributed by atoms with van der Waals surface area (Å²) in [7, 11) is 6.85. The number of rotatable bonds is 1. The molecule has 1 aromatic rings. The summed E-state index contributed by atoms with van der Waals surface area (Å²) in [5.74, 6) is 0. The van der Waals surface area contributed by atoms with E-state index in [9.17, 15) is 0 Å². The van der Waals surface area contributed by atoms with E-state index in [1.54, 1.807) is 0 Å². The maximum absolute atomic E-state index is 5.60. The van der Waals surface area contributed by atoms with Crippen LogP contribution in [0.3, 0.4) is 0 Å². The molecular weight excluding hydrogens is 232 g/mol. The average molecular weight is 238 g/mol. The van der Waals surface area contributed by atoms with Gasteiger partial charge in [0.15, 0.2) is 0 Å². The molecule has 0 bridgehead atoms. The van der Waals surface area contributed by atoms with Gasteiger partial charge in [0.2, 0.25) is 0 Å². The zero-order chi connectivity index (χ0) is 7.56. The molecule has 0 spiro atoms. The molecule has 0 aliphatic rings. The molecule has 0 heterocycles. The summed E-state index contributed by atoms with van der Waals surface area (Å²) < 4.78 is 1.11. The van der Waals surface area contributed by atoms with E-state index in [1.165, 1.54) is 16.5 Å². The SMILES string of the molecule is Cc1c(Br)cccc1SCl. The Morgan fingerprint density at radius 1 is 1.50 bits per heavy atom. The molecule has 0 N–H and O–H groups in total. The van der Waals surface area contributed by atoms with Crippen LogP contribution in [-0.2, 0) is 0 Å². The van der Waals surface area contributed by atoms with Crippen LogP contribution in [0.15, 0.2) is 27.6 Å². The van der Waals surface area contributed by atoms with E-state index in [4.69, 9.17) is 10.7 Å². The summed E-state index contributed by atoms with van der Waals surface area (Å²) in [6.07, 6.45) is 0. The van der Waals surface area contributed by atoms with Gasteiger partial charge in [0.1, 0.15) is 0 Å². The minimum Gasteiger partial charge on any atom is -0.0600 e. The molecule has 0 aliphatic carbocycles. The monoisotopic (exact) mass is 236 g/mol. The molecule has 0 fully saturated rings. The molecule has 1 rings (SSSR count). The van der Waals surface area contributed by atoms with Crippen molar-refractivity contribution in [1.82, 2.24) is 0 Å². The van der Waals surface area contributed by atoms with E-state index in [1.807, 2.05) is 25.1 Å². The van der Waals surface area contributed by atoms with Gasteiger partial charge in [0.25, 0.3) is 0 Å². The lowest BCUT2D eigenvalue weighted by Crippen LogP contribution is -1.77. The third-order valence-corrected chi connectivity index (χ3v) is 3.27. The van der Waals surface area contributed by atoms with E-state index in [-0.39, 0.29) is 0 Å². The molecule has 0 amide bonds. The number of hydrogen-bond donors (Lipinski definition) is 0. The predicted octanol–water partition coefficient (Wildman–Crippen LogP) is 4.00. The molecular formula is C7H6BrClS. The molecule has 0 radical (unpaired) electrons. The fourth-order valence-electron chi connectivity index (χ4n) is 0.671. The maximum Gasteiger partial charge on any atom is 0.0273 e. The van der Waals surface area contributed by atoms with Gasteiger partial charge in [-0.2, -0.15) is 0 Å². The van der Waals surface area contributed by atoms with Crippen molar-refractivity contribution >= 4 is 37.6 Å². The van der Waals surface area contributed by atoms with Crippen molar-refractivity contribution in [2.24, 2.45) is 0 Å². The summed E-state index contributed by atoms with van der Waals surface area (Å²) in [4.78, 5) is 1.11. The van der Waals surface area contributed by atoms with Gasteiger partial charge >= 0.3 is 0 Å². The summed E-state index contributed by atoms with van der Waals surface area (Å²) in [5, 5.41) is 0. The van der Waals surface area contributed by atoms with Crippen LogP contribution in [-0.4, -0.2) is 0 Å². The average Bonchev–Trinajstić information content (AvgIpc) is 1.95. The minimum absolute atomic E-state index is 1.11. The molecule has 1 aromatic carbocycles. The van der Waals surface area contributed by atoms with Gasteiger partial charge in [0, 0.05) is 9.37 Å². The minimum atomic E-state index is 1.11. The van der Waals surface area contributed by atoms with Crippen LogP contribution in [0.1, 0.15) is 5.56 Å². The van der Waals surface area contributed by atoms with Gasteiger partial charge in [-0.05, 0) is 46.3 Å². The maximum atomic E-state index is 5.60. The van der Waals surface area contributed by atoms with Crippen molar-refractivity contribution in [3.63, 3.8) is 0 Å². The summed E-state index contributed by atoms with van der Waals surface area (Å²) in [5.41, 5.74) is 1.20. The smallest absolute Gasteiger partial charge is 0.0273 e. The Hall–Kier alpha value is 0.340. The Bertz CT molecular complexity index is 237. The van der Waals surface area contributed by atoms with Crippen molar-refractivity contribution in [3.05, 3.63) is 28.2 Å². The second kappa shape index (κ2) is 3.65. The molecule has 0 saturated carbocycles. The van der Waals surface area contributed by atoms with E-state index >= 15 is 0 Å². The quantitative estimate of drug-likeness (QED) is 0.711. The Labute approximate surface area is 77.6 Å². The fraction of sp³-hybridized carbons (Fsp3) is 0.143. The van der Waals surface area contributed by atoms with E-state index in [0.717, 1.165) is 9.37 Å². The third kappa shape index (κ3) is 1.68. The van der Waals surface area contributed by atoms with E-state index in [2.05, 4.69) is 15.9 Å². The fourth-order valence-corrected chi connectivity index (χ4v) is 2.03. The van der Waals surface area contributed by atoms with Crippen LogP contribution in [0, 0.1) is 6.92 Å². The second-order valence-corrected chi connectivity index (χ2v) is 3.85. The topological polar surface area (TPSA) is 0 Å². The van der Waals surface area contributed by atoms with Crippen LogP contribution in [0.2, 0.25) is 0 Å². The van der Waals surface area contributed by atoms with Gasteiger partial charge in [-0.25, -0.2) is 0 Å². The van der Waals surface area contributed by atoms with Gasteiger partial charge in [0.05, 0.1) is 0 Å². The molecule has 3 heteroatoms. The summed E-state index contributed by atoms with van der Waals surface area (Å²) in [6.45, 7) is 2.04. The highest BCUT2D eigenvalue weighted by Gasteiger charge is 1.99. The van der Waals surface area contributed by atoms with Gasteiger partial charge < -0.3 is 0 Å². The van der Waals surface area contributed by atoms with Crippen molar-refractivity contribution in [1.29, 1.82) is 0 Å². The number of hydrogen-bond acceptors (Lipinski definition) is 1. The number of halogens is 2. The normalized spacial score (nSPS) is 9.90. The first-order valence-corrected chi connectivity index (χ1v) is 5.23. The zero-order valence-electron chi connectivity index (χ0n) is 5.40. The largest absolute Gasteiger partial charge is 0.0600 e. The van der Waals surface area contributed by atoms with Crippen molar-refractivity contribution in [2.45, 2.75) is 11.8 Å². The van der Waals surface area contributed by atoms with Crippen molar-refractivity contribution in [3.8, 4) is 0 Å². The van der Waals surface area contributed by atoms with E-state index in [0.29, 0.717) is 0 Å². The lowest BCUT2D eigenvalue weighted by Gasteiger charge is -2.00. The van der Waals surface area contributed by atoms with Crippen LogP contribution < -0.4 is 0 Å². The first kappa shape index (κ1) is 8.44. The second-order valence-electron chi connectivity index (χ2n) is 1.94. The van der Waals surface area contributed by atoms with Gasteiger partial charge in [-0.15, -0.1) is 0 Å². The van der Waals surface area contributed by atoms with Gasteiger partial charge in [-0.3, -0.25) is 0 Å². The lowest BCUT2D eigenvalue weighted by molar-refractivity contribution is 1.28. The van der Waals surface area contributed by atoms with Crippen LogP contribution in [0.25, 0.3) is 0 Å². The Morgan fingerprint density at radius 3 is 2.70 bits per heavy atom. The zero-order valence-corrected chi connectivity index (χ0v) is 8.55. The molecule has 0 atom stereocenters. The highest BCUT2D eigenvalue weighted by atomic mass is 79.9. The lowest BCUT2D eigenvalue weighted by atomic mass is 10.2. The predicted molar refractivity (Wildman–Crippen MR) is 50.6 cm³/mol. The third-order valence-electron chi connectivity index (χ3n) is 1.30. The van der Waals surface area contributed by atoms with Crippen molar-refractivity contribution in [2.75, 3.05) is 0 Å². The Kier molecular flexibility index (Phi) is 3.08. The summed E-state index contributed by atoms with van der Waals surface area (Å²) >= 11 is 3.41. The molecule has 0 aromatic heterocycles. The molecule has 54 valence electrons. The Morgan fingerprint density at radius 2 is 2.20 bits per heavy atom. The molecule has 0 saturated heterocycles. The van der Waals surface area contributed by atoms with Crippen LogP contribution in [0.5, 0.6) is 0 Å². The first-order chi connectivity index (χ1) is 4.75. The number of benzene rings is 1. The van der Waals surface area contributed by atoms with E-state index < -0.39 is 0 Å². The molecule has 0 aliphatic heterocycles. The van der Waals surface area contributed by atoms with Crippen molar-refractivity contribution < 1.29 is 0 Å². The van der Waals surface area contributed by atoms with Gasteiger partial charge in [-0.1, -0.05) is 22.0 Å². The summed E-state index contributed by atoms with van der Waals surface area (Å²) in [6, 6.07) is 5.98. The highest BCUT2D eigenvalue weighted by molar-refractivity contribution is 9.10. The standard InChI is InChI=1S/C7H6BrClS/c1-5-6(8)3-2-4-7(5)10-9/h2-4H,1H3. The molecule has 10 heavy (non-hydrogen) atoms. The Balaban J connectivity index is 3.14. The first-order valence-electron chi connectivity index (χ1n) is 2.79. The molecule has 0 nitrogen and oxygen atoms in total. The van der Waals surface area contributed by atoms with Crippen LogP contribution in [0.4, 0.5) is 0 Å². The highest BCUT2D eigenvalue weighted by Crippen LogP contribution is 2.29. The molecule has 0 unspecified atom stereocenters. The van der Waals surface area contributed by atoms with Crippen LogP contribution >= 0.6 is 37.6 Å².